The Hall–Kier alpha value is -0.910. The van der Waals surface area contributed by atoms with Crippen molar-refractivity contribution in [2.24, 2.45) is 0 Å². The van der Waals surface area contributed by atoms with Crippen molar-refractivity contribution in [1.82, 2.24) is 0 Å². The van der Waals surface area contributed by atoms with Crippen molar-refractivity contribution < 1.29 is 17.9 Å². The van der Waals surface area contributed by atoms with Gasteiger partial charge in [0.25, 0.3) is 5.24 Å². The molecule has 0 atom stereocenters. The maximum atomic E-state index is 12.8. The topological polar surface area (TPSA) is 60.4 Å². The van der Waals surface area contributed by atoms with E-state index in [4.69, 9.17) is 16.3 Å². The van der Waals surface area contributed by atoms with E-state index in [1.54, 1.807) is 12.1 Å². The Morgan fingerprint density at radius 3 is 2.45 bits per heavy atom. The Labute approximate surface area is 136 Å². The van der Waals surface area contributed by atoms with Gasteiger partial charge in [0.15, 0.2) is 9.84 Å². The smallest absolute Gasteiger partial charge is 0.252 e. The van der Waals surface area contributed by atoms with Gasteiger partial charge >= 0.3 is 0 Å². The average Bonchev–Trinajstić information content (AvgIpc) is 3.27. The number of sulfone groups is 1. The molecular weight excluding hydrogens is 324 g/mol. The van der Waals surface area contributed by atoms with Crippen LogP contribution in [-0.4, -0.2) is 33.1 Å². The fourth-order valence-electron chi connectivity index (χ4n) is 2.66. The third-order valence-electron chi connectivity index (χ3n) is 3.91. The van der Waals surface area contributed by atoms with Crippen molar-refractivity contribution in [3.63, 3.8) is 0 Å². The molecule has 122 valence electrons. The fourth-order valence-corrected chi connectivity index (χ4v) is 4.69. The van der Waals surface area contributed by atoms with Crippen LogP contribution < -0.4 is 0 Å². The summed E-state index contributed by atoms with van der Waals surface area (Å²) < 4.78 is 30.5. The zero-order chi connectivity index (χ0) is 16.5. The average molecular weight is 345 g/mol. The molecule has 6 heteroatoms. The van der Waals surface area contributed by atoms with Gasteiger partial charge in [0.1, 0.15) is 0 Å². The Kier molecular flexibility index (Phi) is 5.30. The van der Waals surface area contributed by atoms with Gasteiger partial charge in [-0.1, -0.05) is 19.9 Å². The summed E-state index contributed by atoms with van der Waals surface area (Å²) in [6.07, 6.45) is 1.79. The first-order chi connectivity index (χ1) is 10.3. The van der Waals surface area contributed by atoms with Gasteiger partial charge in [0.2, 0.25) is 0 Å². The molecule has 0 unspecified atom stereocenters. The quantitative estimate of drug-likeness (QED) is 0.710. The Morgan fingerprint density at radius 1 is 1.36 bits per heavy atom. The van der Waals surface area contributed by atoms with E-state index in [2.05, 4.69) is 0 Å². The molecule has 0 aromatic heterocycles. The van der Waals surface area contributed by atoms with Gasteiger partial charge in [0, 0.05) is 12.7 Å². The van der Waals surface area contributed by atoms with Crippen molar-refractivity contribution in [2.45, 2.75) is 43.4 Å². The number of benzene rings is 1. The van der Waals surface area contributed by atoms with E-state index in [9.17, 15) is 13.2 Å². The van der Waals surface area contributed by atoms with E-state index in [0.29, 0.717) is 16.0 Å². The summed E-state index contributed by atoms with van der Waals surface area (Å²) in [6.45, 7) is 4.02. The number of rotatable bonds is 7. The fraction of sp³-hybridized carbons (Fsp3) is 0.562. The second-order valence-electron chi connectivity index (χ2n) is 5.96. The second kappa shape index (κ2) is 6.69. The van der Waals surface area contributed by atoms with Gasteiger partial charge < -0.3 is 4.74 Å². The Balaban J connectivity index is 2.71. The first kappa shape index (κ1) is 17.4. The molecule has 2 rings (SSSR count). The lowest BCUT2D eigenvalue weighted by molar-refractivity contribution is 0.108. The van der Waals surface area contributed by atoms with E-state index in [-0.39, 0.29) is 24.2 Å². The summed E-state index contributed by atoms with van der Waals surface area (Å²) in [7, 11) is -2.05. The summed E-state index contributed by atoms with van der Waals surface area (Å²) in [5, 5.41) is -0.597. The zero-order valence-corrected chi connectivity index (χ0v) is 14.6. The molecule has 0 saturated heterocycles. The summed E-state index contributed by atoms with van der Waals surface area (Å²) in [4.78, 5) is 12.0. The minimum absolute atomic E-state index is 0.0456. The molecule has 0 spiro atoms. The van der Waals surface area contributed by atoms with Crippen molar-refractivity contribution in [1.29, 1.82) is 0 Å². The van der Waals surface area contributed by atoms with Crippen molar-refractivity contribution in [2.75, 3.05) is 19.5 Å². The Bertz CT molecular complexity index is 676. The summed E-state index contributed by atoms with van der Waals surface area (Å²) in [5.74, 6) is 0.0658. The van der Waals surface area contributed by atoms with Gasteiger partial charge in [-0.25, -0.2) is 8.42 Å². The molecule has 0 amide bonds. The van der Waals surface area contributed by atoms with Crippen LogP contribution in [0.25, 0.3) is 0 Å². The lowest BCUT2D eigenvalue weighted by Crippen LogP contribution is -2.18. The second-order valence-corrected chi connectivity index (χ2v) is 8.35. The van der Waals surface area contributed by atoms with Gasteiger partial charge in [-0.3, -0.25) is 4.79 Å². The van der Waals surface area contributed by atoms with Crippen LogP contribution in [0.2, 0.25) is 0 Å². The number of halogens is 1. The monoisotopic (exact) mass is 344 g/mol. The van der Waals surface area contributed by atoms with E-state index in [0.717, 1.165) is 18.4 Å². The van der Waals surface area contributed by atoms with Crippen LogP contribution in [0, 0.1) is 0 Å². The minimum atomic E-state index is -3.53. The summed E-state index contributed by atoms with van der Waals surface area (Å²) in [5.41, 5.74) is 1.69. The van der Waals surface area contributed by atoms with Crippen LogP contribution in [0.4, 0.5) is 0 Å². The predicted octanol–water partition coefficient (Wildman–Crippen LogP) is 3.49. The van der Waals surface area contributed by atoms with Crippen molar-refractivity contribution in [3.8, 4) is 0 Å². The highest BCUT2D eigenvalue weighted by Crippen LogP contribution is 2.47. The number of hydrogen-bond acceptors (Lipinski definition) is 4. The standard InChI is InChI=1S/C16H21ClO4S/c1-10(2)12-6-7-13(16(17)18)14(11-4-5-11)15(12)22(19,20)9-8-21-3/h6-7,10-11H,4-5,8-9H2,1-3H3. The van der Waals surface area contributed by atoms with Crippen LogP contribution >= 0.6 is 11.6 Å². The molecule has 0 heterocycles. The van der Waals surface area contributed by atoms with E-state index < -0.39 is 15.1 Å². The van der Waals surface area contributed by atoms with Crippen molar-refractivity contribution in [3.05, 3.63) is 28.8 Å². The maximum absolute atomic E-state index is 12.8. The SMILES string of the molecule is COCCS(=O)(=O)c1c(C(C)C)ccc(C(=O)Cl)c1C1CC1. The number of hydrogen-bond donors (Lipinski definition) is 0. The van der Waals surface area contributed by atoms with Crippen LogP contribution in [0.5, 0.6) is 0 Å². The van der Waals surface area contributed by atoms with Gasteiger partial charge in [-0.05, 0) is 53.5 Å². The molecule has 1 aliphatic carbocycles. The lowest BCUT2D eigenvalue weighted by atomic mass is 9.95. The largest absolute Gasteiger partial charge is 0.384 e. The predicted molar refractivity (Wildman–Crippen MR) is 86.6 cm³/mol. The highest BCUT2D eigenvalue weighted by molar-refractivity contribution is 7.91. The number of ether oxygens (including phenoxy) is 1. The molecular formula is C16H21ClO4S. The summed E-state index contributed by atoms with van der Waals surface area (Å²) >= 11 is 5.68. The molecule has 4 nitrogen and oxygen atoms in total. The Morgan fingerprint density at radius 2 is 2.00 bits per heavy atom. The molecule has 1 aliphatic rings. The third-order valence-corrected chi connectivity index (χ3v) is 5.90. The van der Waals surface area contributed by atoms with E-state index in [1.165, 1.54) is 7.11 Å². The van der Waals surface area contributed by atoms with Crippen molar-refractivity contribution >= 4 is 26.7 Å². The highest BCUT2D eigenvalue weighted by atomic mass is 35.5. The molecule has 1 aromatic carbocycles. The molecule has 1 aromatic rings. The molecule has 1 fully saturated rings. The van der Waals surface area contributed by atoms with Crippen LogP contribution in [0.3, 0.4) is 0 Å². The minimum Gasteiger partial charge on any atom is -0.384 e. The van der Waals surface area contributed by atoms with Crippen LogP contribution in [0.15, 0.2) is 17.0 Å². The van der Waals surface area contributed by atoms with Gasteiger partial charge in [0.05, 0.1) is 17.3 Å². The molecule has 0 bridgehead atoms. The van der Waals surface area contributed by atoms with Crippen LogP contribution in [-0.2, 0) is 14.6 Å². The van der Waals surface area contributed by atoms with E-state index in [1.807, 2.05) is 13.8 Å². The maximum Gasteiger partial charge on any atom is 0.252 e. The van der Waals surface area contributed by atoms with Gasteiger partial charge in [-0.15, -0.1) is 0 Å². The molecule has 1 saturated carbocycles. The zero-order valence-electron chi connectivity index (χ0n) is 13.1. The third kappa shape index (κ3) is 3.53. The van der Waals surface area contributed by atoms with Gasteiger partial charge in [-0.2, -0.15) is 0 Å². The highest BCUT2D eigenvalue weighted by Gasteiger charge is 2.36. The molecule has 22 heavy (non-hydrogen) atoms. The normalized spacial score (nSPS) is 15.3. The van der Waals surface area contributed by atoms with Crippen LogP contribution in [0.1, 0.15) is 60.0 Å². The first-order valence-corrected chi connectivity index (χ1v) is 9.41. The number of methoxy groups -OCH3 is 1. The number of carbonyl (C=O) groups is 1. The van der Waals surface area contributed by atoms with E-state index >= 15 is 0 Å². The molecule has 0 radical (unpaired) electrons. The number of carbonyl (C=O) groups excluding carboxylic acids is 1. The first-order valence-electron chi connectivity index (χ1n) is 7.38. The lowest BCUT2D eigenvalue weighted by Gasteiger charge is -2.19. The summed E-state index contributed by atoms with van der Waals surface area (Å²) in [6, 6.07) is 3.37. The molecule has 0 aliphatic heterocycles. The molecule has 0 N–H and O–H groups in total.